The first-order valence-corrected chi connectivity index (χ1v) is 16.5. The van der Waals surface area contributed by atoms with E-state index in [4.69, 9.17) is 9.47 Å². The van der Waals surface area contributed by atoms with Crippen molar-refractivity contribution in [3.8, 4) is 0 Å². The molecule has 2 aliphatic heterocycles. The van der Waals surface area contributed by atoms with Crippen molar-refractivity contribution in [2.24, 2.45) is 5.92 Å². The average Bonchev–Trinajstić information content (AvgIpc) is 3.38. The number of nitrogens with one attached hydrogen (secondary N) is 1. The molecule has 1 fully saturated rings. The number of fused-ring (bicyclic) bond motifs is 1. The monoisotopic (exact) mass is 625 g/mol. The highest BCUT2D eigenvalue weighted by Gasteiger charge is 2.33. The zero-order valence-corrected chi connectivity index (χ0v) is 25.8. The maximum Gasteiger partial charge on any atom is 0.341 e. The number of anilines is 1. The Bertz CT molecular complexity index is 1580. The Morgan fingerprint density at radius 3 is 2.35 bits per heavy atom. The second-order valence-corrected chi connectivity index (χ2v) is 13.6. The summed E-state index contributed by atoms with van der Waals surface area (Å²) in [5, 5.41) is 3.29. The Morgan fingerprint density at radius 1 is 1.00 bits per heavy atom. The molecule has 10 nitrogen and oxygen atoms in total. The first-order valence-electron chi connectivity index (χ1n) is 14.3. The zero-order chi connectivity index (χ0) is 30.6. The van der Waals surface area contributed by atoms with Gasteiger partial charge >= 0.3 is 11.9 Å². The van der Waals surface area contributed by atoms with Crippen molar-refractivity contribution in [3.63, 3.8) is 0 Å². The van der Waals surface area contributed by atoms with Crippen molar-refractivity contribution in [2.75, 3.05) is 38.7 Å². The minimum absolute atomic E-state index is 0.0685. The minimum atomic E-state index is -3.79. The van der Waals surface area contributed by atoms with Crippen molar-refractivity contribution < 1.29 is 32.3 Å². The van der Waals surface area contributed by atoms with E-state index in [0.717, 1.165) is 23.5 Å². The molecule has 0 unspecified atom stereocenters. The molecule has 3 aromatic rings. The number of carbonyl (C=O) groups excluding carboxylic acids is 3. The molecule has 1 saturated heterocycles. The predicted molar refractivity (Wildman–Crippen MR) is 162 cm³/mol. The molecule has 0 radical (unpaired) electrons. The standard InChI is InChI=1S/C31H35N3O7S2/c1-3-41-30(36)23-13-17-34(18-14-23)43(38,39)24-11-9-22(10-12-24)28(35)32-29-27(31(37)40-2)25-15-16-33(20-26(25)42-29)19-21-7-5-4-6-8-21/h4-12,23H,3,13-20H2,1-2H3,(H,32,35). The molecule has 0 bridgehead atoms. The molecule has 5 rings (SSSR count). The quantitative estimate of drug-likeness (QED) is 0.349. The molecule has 228 valence electrons. The fourth-order valence-corrected chi connectivity index (χ4v) is 8.28. The fraction of sp³-hybridized carbons (Fsp3) is 0.387. The summed E-state index contributed by atoms with van der Waals surface area (Å²) in [5.41, 5.74) is 2.73. The summed E-state index contributed by atoms with van der Waals surface area (Å²) in [6, 6.07) is 15.9. The van der Waals surface area contributed by atoms with E-state index < -0.39 is 21.9 Å². The fourth-order valence-electron chi connectivity index (χ4n) is 5.53. The average molecular weight is 626 g/mol. The van der Waals surface area contributed by atoms with Crippen LogP contribution in [0, 0.1) is 5.92 Å². The summed E-state index contributed by atoms with van der Waals surface area (Å²) in [5.74, 6) is -1.55. The van der Waals surface area contributed by atoms with Gasteiger partial charge in [-0.2, -0.15) is 4.31 Å². The first kappa shape index (κ1) is 30.9. The lowest BCUT2D eigenvalue weighted by atomic mass is 9.98. The lowest BCUT2D eigenvalue weighted by Gasteiger charge is -2.30. The number of methoxy groups -OCH3 is 1. The van der Waals surface area contributed by atoms with Gasteiger partial charge in [-0.15, -0.1) is 11.3 Å². The lowest BCUT2D eigenvalue weighted by Crippen LogP contribution is -2.40. The van der Waals surface area contributed by atoms with Gasteiger partial charge in [-0.3, -0.25) is 14.5 Å². The van der Waals surface area contributed by atoms with Crippen LogP contribution in [0.2, 0.25) is 0 Å². The van der Waals surface area contributed by atoms with Gasteiger partial charge < -0.3 is 14.8 Å². The van der Waals surface area contributed by atoms with Gasteiger partial charge in [-0.25, -0.2) is 13.2 Å². The summed E-state index contributed by atoms with van der Waals surface area (Å²) in [7, 11) is -2.47. The van der Waals surface area contributed by atoms with Crippen LogP contribution in [0.3, 0.4) is 0 Å². The van der Waals surface area contributed by atoms with Crippen molar-refractivity contribution in [1.82, 2.24) is 9.21 Å². The normalized spacial score (nSPS) is 16.3. The van der Waals surface area contributed by atoms with Gasteiger partial charge in [0.2, 0.25) is 10.0 Å². The summed E-state index contributed by atoms with van der Waals surface area (Å²) >= 11 is 1.36. The van der Waals surface area contributed by atoms with Crippen molar-refractivity contribution in [3.05, 3.63) is 81.7 Å². The number of ether oxygens (including phenoxy) is 2. The number of nitrogens with zero attached hydrogens (tertiary/aromatic N) is 2. The van der Waals surface area contributed by atoms with Crippen molar-refractivity contribution in [1.29, 1.82) is 0 Å². The Labute approximate surface area is 255 Å². The molecule has 43 heavy (non-hydrogen) atoms. The van der Waals surface area contributed by atoms with E-state index in [9.17, 15) is 22.8 Å². The zero-order valence-electron chi connectivity index (χ0n) is 24.2. The molecule has 0 atom stereocenters. The van der Waals surface area contributed by atoms with E-state index in [0.29, 0.717) is 43.0 Å². The van der Waals surface area contributed by atoms with Crippen LogP contribution in [-0.2, 0) is 43.8 Å². The summed E-state index contributed by atoms with van der Waals surface area (Å²) in [6.07, 6.45) is 1.45. The molecule has 0 aliphatic carbocycles. The van der Waals surface area contributed by atoms with Crippen molar-refractivity contribution in [2.45, 2.75) is 44.2 Å². The smallest absolute Gasteiger partial charge is 0.341 e. The highest BCUT2D eigenvalue weighted by atomic mass is 32.2. The van der Waals surface area contributed by atoms with Crippen LogP contribution in [0.25, 0.3) is 0 Å². The molecule has 12 heteroatoms. The van der Waals surface area contributed by atoms with Gasteiger partial charge in [0.1, 0.15) is 5.00 Å². The Hall–Kier alpha value is -3.58. The number of thiophene rings is 1. The third kappa shape index (κ3) is 6.82. The van der Waals surface area contributed by atoms with E-state index in [1.165, 1.54) is 52.6 Å². The predicted octanol–water partition coefficient (Wildman–Crippen LogP) is 4.31. The van der Waals surface area contributed by atoms with Gasteiger partial charge in [-0.1, -0.05) is 30.3 Å². The second kappa shape index (κ2) is 13.4. The molecular weight excluding hydrogens is 590 g/mol. The maximum atomic E-state index is 13.2. The summed E-state index contributed by atoms with van der Waals surface area (Å²) < 4.78 is 37.9. The Morgan fingerprint density at radius 2 is 1.70 bits per heavy atom. The first-order chi connectivity index (χ1) is 20.7. The van der Waals surface area contributed by atoms with E-state index in [-0.39, 0.29) is 35.4 Å². The van der Waals surface area contributed by atoms with Gasteiger partial charge in [-0.05, 0) is 61.6 Å². The maximum absolute atomic E-state index is 13.2. The van der Waals surface area contributed by atoms with E-state index in [1.807, 2.05) is 18.2 Å². The molecule has 2 aromatic carbocycles. The van der Waals surface area contributed by atoms with Gasteiger partial charge in [0.15, 0.2) is 0 Å². The van der Waals surface area contributed by atoms with Crippen LogP contribution in [-0.4, -0.2) is 68.8 Å². The third-order valence-corrected chi connectivity index (χ3v) is 10.9. The number of piperidine rings is 1. The molecule has 1 N–H and O–H groups in total. The van der Waals surface area contributed by atoms with Crippen LogP contribution >= 0.6 is 11.3 Å². The minimum Gasteiger partial charge on any atom is -0.466 e. The number of esters is 2. The SMILES string of the molecule is CCOC(=O)C1CCN(S(=O)(=O)c2ccc(C(=O)Nc3sc4c(c3C(=O)OC)CCN(Cc3ccccc3)C4)cc2)CC1. The molecule has 0 saturated carbocycles. The largest absolute Gasteiger partial charge is 0.466 e. The topological polar surface area (TPSA) is 122 Å². The highest BCUT2D eigenvalue weighted by Crippen LogP contribution is 2.38. The van der Waals surface area contributed by atoms with Gasteiger partial charge in [0, 0.05) is 43.2 Å². The number of hydrogen-bond donors (Lipinski definition) is 1. The number of amides is 1. The number of hydrogen-bond acceptors (Lipinski definition) is 9. The van der Waals surface area contributed by atoms with Gasteiger partial charge in [0.25, 0.3) is 5.91 Å². The molecule has 3 heterocycles. The van der Waals surface area contributed by atoms with Crippen LogP contribution in [0.4, 0.5) is 5.00 Å². The molecule has 2 aliphatic rings. The molecule has 1 aromatic heterocycles. The second-order valence-electron chi connectivity index (χ2n) is 10.6. The number of carbonyl (C=O) groups is 3. The lowest BCUT2D eigenvalue weighted by molar-refractivity contribution is -0.149. The number of rotatable bonds is 9. The van der Waals surface area contributed by atoms with Crippen LogP contribution in [0.5, 0.6) is 0 Å². The summed E-state index contributed by atoms with van der Waals surface area (Å²) in [6.45, 7) is 4.68. The third-order valence-electron chi connectivity index (χ3n) is 7.83. The van der Waals surface area contributed by atoms with E-state index in [1.54, 1.807) is 6.92 Å². The van der Waals surface area contributed by atoms with E-state index >= 15 is 0 Å². The van der Waals surface area contributed by atoms with E-state index in [2.05, 4.69) is 22.3 Å². The Kier molecular flexibility index (Phi) is 9.60. The molecule has 1 amide bonds. The highest BCUT2D eigenvalue weighted by molar-refractivity contribution is 7.89. The molecule has 0 spiro atoms. The van der Waals surface area contributed by atoms with Crippen molar-refractivity contribution >= 4 is 44.2 Å². The van der Waals surface area contributed by atoms with Crippen LogP contribution < -0.4 is 5.32 Å². The number of benzene rings is 2. The van der Waals surface area contributed by atoms with Gasteiger partial charge in [0.05, 0.1) is 30.1 Å². The summed E-state index contributed by atoms with van der Waals surface area (Å²) in [4.78, 5) is 41.4. The number of sulfonamides is 1. The Balaban J connectivity index is 1.27. The van der Waals surface area contributed by atoms with Crippen LogP contribution in [0.15, 0.2) is 59.5 Å². The molecular formula is C31H35N3O7S2. The van der Waals surface area contributed by atoms with Crippen LogP contribution in [0.1, 0.15) is 56.5 Å².